The molecule has 0 spiro atoms. The zero-order valence-corrected chi connectivity index (χ0v) is 25.2. The molecule has 0 unspecified atom stereocenters. The van der Waals surface area contributed by atoms with Gasteiger partial charge >= 0.3 is 5.97 Å². The summed E-state index contributed by atoms with van der Waals surface area (Å²) >= 11 is 0. The van der Waals surface area contributed by atoms with Crippen molar-refractivity contribution in [1.29, 1.82) is 0 Å². The molecule has 1 aliphatic carbocycles. The van der Waals surface area contributed by atoms with Gasteiger partial charge in [-0.3, -0.25) is 9.59 Å². The van der Waals surface area contributed by atoms with Crippen molar-refractivity contribution >= 4 is 22.7 Å². The number of methoxy groups -OCH3 is 1. The van der Waals surface area contributed by atoms with Crippen LogP contribution in [0.4, 0.5) is 0 Å². The molecule has 9 heteroatoms. The lowest BCUT2D eigenvalue weighted by atomic mass is 9.72. The molecule has 1 aliphatic heterocycles. The van der Waals surface area contributed by atoms with E-state index in [4.69, 9.17) is 23.4 Å². The summed E-state index contributed by atoms with van der Waals surface area (Å²) in [7, 11) is 1.58. The summed E-state index contributed by atoms with van der Waals surface area (Å²) in [5, 5.41) is 3.72. The monoisotopic (exact) mass is 587 g/mol. The number of rotatable bonds is 10. The summed E-state index contributed by atoms with van der Waals surface area (Å²) in [6.45, 7) is 8.70. The smallest absolute Gasteiger partial charge is 0.336 e. The number of ether oxygens (including phenoxy) is 4. The lowest BCUT2D eigenvalue weighted by molar-refractivity contribution is -0.140. The molecule has 9 nitrogen and oxygen atoms in total. The second kappa shape index (κ2) is 12.9. The van der Waals surface area contributed by atoms with Gasteiger partial charge in [-0.15, -0.1) is 0 Å². The van der Waals surface area contributed by atoms with Crippen LogP contribution in [0.25, 0.3) is 11.0 Å². The molecular formula is C34H37NO8. The van der Waals surface area contributed by atoms with Gasteiger partial charge in [-0.1, -0.05) is 17.7 Å². The van der Waals surface area contributed by atoms with Crippen LogP contribution in [0, 0.1) is 6.92 Å². The molecule has 1 aromatic heterocycles. The van der Waals surface area contributed by atoms with Crippen LogP contribution >= 0.6 is 0 Å². The molecule has 43 heavy (non-hydrogen) atoms. The molecule has 0 saturated heterocycles. The van der Waals surface area contributed by atoms with Gasteiger partial charge in [0.1, 0.15) is 12.2 Å². The minimum absolute atomic E-state index is 0.0448. The number of aryl methyl sites for hydroxylation is 1. The van der Waals surface area contributed by atoms with Crippen LogP contribution in [0.15, 0.2) is 74.4 Å². The maximum atomic E-state index is 14.0. The fourth-order valence-corrected chi connectivity index (χ4v) is 5.94. The standard InChI is InChI=1S/C34H37NO8/c1-6-40-12-13-42-34(38)30-20(4)35-25-15-22(21-9-11-28(41-7-2)29(17-21)39-5)16-26(36)32(25)31(30)24-18-43-27-10-8-19(3)14-23(27)33(24)37/h8-11,14,17-18,22,31,35H,6-7,12-13,15-16H2,1-5H3/t22-,31-/m0/s1. The van der Waals surface area contributed by atoms with Crippen LogP contribution in [0.3, 0.4) is 0 Å². The van der Waals surface area contributed by atoms with Crippen LogP contribution in [0.2, 0.25) is 0 Å². The summed E-state index contributed by atoms with van der Waals surface area (Å²) in [4.78, 5) is 41.5. The Morgan fingerprint density at radius 3 is 2.56 bits per heavy atom. The van der Waals surface area contributed by atoms with Crippen molar-refractivity contribution in [2.75, 3.05) is 33.5 Å². The van der Waals surface area contributed by atoms with Crippen molar-refractivity contribution < 1.29 is 33.0 Å². The topological polar surface area (TPSA) is 113 Å². The molecule has 2 atom stereocenters. The molecule has 3 aromatic rings. The summed E-state index contributed by atoms with van der Waals surface area (Å²) < 4.78 is 28.0. The number of esters is 1. The van der Waals surface area contributed by atoms with Gasteiger partial charge in [0, 0.05) is 35.6 Å². The molecule has 2 aromatic carbocycles. The number of nitrogens with one attached hydrogen (secondary N) is 1. The van der Waals surface area contributed by atoms with E-state index in [-0.39, 0.29) is 47.9 Å². The molecule has 2 heterocycles. The highest BCUT2D eigenvalue weighted by Crippen LogP contribution is 2.46. The minimum atomic E-state index is -0.944. The molecule has 0 amide bonds. The van der Waals surface area contributed by atoms with Crippen molar-refractivity contribution in [3.63, 3.8) is 0 Å². The summed E-state index contributed by atoms with van der Waals surface area (Å²) in [5.74, 6) is -0.634. The van der Waals surface area contributed by atoms with E-state index in [9.17, 15) is 14.4 Å². The van der Waals surface area contributed by atoms with Crippen molar-refractivity contribution in [2.45, 2.75) is 52.4 Å². The van der Waals surface area contributed by atoms with Gasteiger partial charge in [-0.25, -0.2) is 4.79 Å². The number of hydrogen-bond donors (Lipinski definition) is 1. The van der Waals surface area contributed by atoms with Gasteiger partial charge in [0.25, 0.3) is 0 Å². The third-order valence-corrected chi connectivity index (χ3v) is 7.94. The average Bonchev–Trinajstić information content (AvgIpc) is 2.99. The van der Waals surface area contributed by atoms with Gasteiger partial charge in [-0.2, -0.15) is 0 Å². The Morgan fingerprint density at radius 1 is 1.00 bits per heavy atom. The van der Waals surface area contributed by atoms with Gasteiger partial charge in [-0.05, 0) is 69.9 Å². The molecule has 0 saturated carbocycles. The van der Waals surface area contributed by atoms with Crippen molar-refractivity contribution in [3.05, 3.63) is 92.1 Å². The fraction of sp³-hybridized carbons (Fsp3) is 0.382. The Kier molecular flexibility index (Phi) is 9.01. The molecule has 0 radical (unpaired) electrons. The van der Waals surface area contributed by atoms with E-state index >= 15 is 0 Å². The van der Waals surface area contributed by atoms with E-state index in [1.54, 1.807) is 26.2 Å². The number of hydrogen-bond acceptors (Lipinski definition) is 9. The number of fused-ring (bicyclic) bond motifs is 1. The molecule has 0 bridgehead atoms. The van der Waals surface area contributed by atoms with Crippen LogP contribution in [-0.4, -0.2) is 45.3 Å². The quantitative estimate of drug-likeness (QED) is 0.244. The van der Waals surface area contributed by atoms with E-state index in [1.165, 1.54) is 6.26 Å². The Bertz CT molecular complexity index is 1680. The molecule has 5 rings (SSSR count). The number of allylic oxidation sites excluding steroid dienone is 3. The minimum Gasteiger partial charge on any atom is -0.493 e. The number of Topliss-reactive ketones (excluding diaryl/α,β-unsaturated/α-hetero) is 1. The first kappa shape index (κ1) is 30.1. The maximum absolute atomic E-state index is 14.0. The SMILES string of the molecule is CCOCCOC(=O)C1=C(C)NC2=C(C(=O)C[C@@H](c3ccc(OCC)c(OC)c3)C2)[C@H]1c1coc2ccc(C)cc2c1=O. The largest absolute Gasteiger partial charge is 0.493 e. The van der Waals surface area contributed by atoms with Crippen LogP contribution in [0.1, 0.15) is 62.1 Å². The molecular weight excluding hydrogens is 550 g/mol. The number of dihydropyridines is 1. The van der Waals surface area contributed by atoms with Gasteiger partial charge in [0.15, 0.2) is 22.7 Å². The highest BCUT2D eigenvalue weighted by Gasteiger charge is 2.43. The van der Waals surface area contributed by atoms with Crippen LogP contribution in [0.5, 0.6) is 11.5 Å². The van der Waals surface area contributed by atoms with E-state index in [0.717, 1.165) is 11.1 Å². The van der Waals surface area contributed by atoms with Crippen LogP contribution < -0.4 is 20.2 Å². The first-order chi connectivity index (χ1) is 20.8. The van der Waals surface area contributed by atoms with Crippen molar-refractivity contribution in [2.24, 2.45) is 0 Å². The summed E-state index contributed by atoms with van der Waals surface area (Å²) in [5.41, 5.74) is 3.98. The molecule has 1 N–H and O–H groups in total. The Hall–Kier alpha value is -4.37. The molecule has 226 valence electrons. The molecule has 0 fully saturated rings. The number of ketones is 1. The zero-order valence-electron chi connectivity index (χ0n) is 25.2. The Balaban J connectivity index is 1.59. The first-order valence-electron chi connectivity index (χ1n) is 14.6. The number of benzene rings is 2. The van der Waals surface area contributed by atoms with Crippen molar-refractivity contribution in [3.8, 4) is 11.5 Å². The lowest BCUT2D eigenvalue weighted by Crippen LogP contribution is -2.37. The first-order valence-corrected chi connectivity index (χ1v) is 14.6. The molecule has 2 aliphatic rings. The predicted octanol–water partition coefficient (Wildman–Crippen LogP) is 5.45. The van der Waals surface area contributed by atoms with E-state index in [0.29, 0.717) is 59.1 Å². The number of carbonyl (C=O) groups is 2. The Labute approximate surface area is 250 Å². The summed E-state index contributed by atoms with van der Waals surface area (Å²) in [6, 6.07) is 11.1. The zero-order chi connectivity index (χ0) is 30.7. The van der Waals surface area contributed by atoms with Crippen molar-refractivity contribution in [1.82, 2.24) is 5.32 Å². The van der Waals surface area contributed by atoms with E-state index in [2.05, 4.69) is 5.32 Å². The normalized spacial score (nSPS) is 18.4. The van der Waals surface area contributed by atoms with Gasteiger partial charge in [0.05, 0.1) is 43.5 Å². The highest BCUT2D eigenvalue weighted by atomic mass is 16.6. The third kappa shape index (κ3) is 5.95. The van der Waals surface area contributed by atoms with E-state index < -0.39 is 11.9 Å². The van der Waals surface area contributed by atoms with E-state index in [1.807, 2.05) is 45.0 Å². The summed E-state index contributed by atoms with van der Waals surface area (Å²) in [6.07, 6.45) is 2.06. The predicted molar refractivity (Wildman–Crippen MR) is 161 cm³/mol. The third-order valence-electron chi connectivity index (χ3n) is 7.94. The second-order valence-electron chi connectivity index (χ2n) is 10.7. The maximum Gasteiger partial charge on any atom is 0.336 e. The van der Waals surface area contributed by atoms with Crippen LogP contribution in [-0.2, 0) is 19.1 Å². The van der Waals surface area contributed by atoms with Gasteiger partial charge < -0.3 is 28.7 Å². The lowest BCUT2D eigenvalue weighted by Gasteiger charge is -2.36. The number of carbonyl (C=O) groups excluding carboxylic acids is 2. The average molecular weight is 588 g/mol. The van der Waals surface area contributed by atoms with Gasteiger partial charge in [0.2, 0.25) is 0 Å². The Morgan fingerprint density at radius 2 is 1.81 bits per heavy atom. The highest BCUT2D eigenvalue weighted by molar-refractivity contribution is 6.04. The fourth-order valence-electron chi connectivity index (χ4n) is 5.94. The second-order valence-corrected chi connectivity index (χ2v) is 10.7.